The minimum atomic E-state index is -0.0904. The molecule has 2 aromatic rings. The van der Waals surface area contributed by atoms with Crippen molar-refractivity contribution < 1.29 is 0 Å². The Morgan fingerprint density at radius 1 is 1.39 bits per heavy atom. The Bertz CT molecular complexity index is 570. The Labute approximate surface area is 119 Å². The lowest BCUT2D eigenvalue weighted by atomic mass is 10.1. The van der Waals surface area contributed by atoms with E-state index in [1.807, 2.05) is 0 Å². The van der Waals surface area contributed by atoms with Gasteiger partial charge in [-0.15, -0.1) is 11.3 Å². The molecule has 1 heterocycles. The van der Waals surface area contributed by atoms with Crippen LogP contribution in [-0.4, -0.2) is 4.98 Å². The average molecular weight is 323 g/mol. The third kappa shape index (κ3) is 2.13. The summed E-state index contributed by atoms with van der Waals surface area (Å²) >= 11 is 5.30. The fourth-order valence-electron chi connectivity index (χ4n) is 2.35. The first-order chi connectivity index (χ1) is 8.65. The first kappa shape index (κ1) is 12.3. The first-order valence-electron chi connectivity index (χ1n) is 6.15. The van der Waals surface area contributed by atoms with Gasteiger partial charge >= 0.3 is 0 Å². The summed E-state index contributed by atoms with van der Waals surface area (Å²) in [6, 6.07) is 6.19. The number of halogens is 1. The van der Waals surface area contributed by atoms with E-state index in [1.165, 1.54) is 29.0 Å². The molecule has 4 heteroatoms. The van der Waals surface area contributed by atoms with E-state index in [4.69, 9.17) is 10.7 Å². The average Bonchev–Trinajstić information content (AvgIpc) is 2.92. The number of benzene rings is 1. The lowest BCUT2D eigenvalue weighted by Crippen LogP contribution is -2.12. The van der Waals surface area contributed by atoms with Gasteiger partial charge in [-0.1, -0.05) is 28.1 Å². The van der Waals surface area contributed by atoms with E-state index < -0.39 is 0 Å². The zero-order valence-electron chi connectivity index (χ0n) is 10.2. The van der Waals surface area contributed by atoms with Crippen LogP contribution in [0.4, 0.5) is 0 Å². The van der Waals surface area contributed by atoms with E-state index in [0.717, 1.165) is 21.5 Å². The van der Waals surface area contributed by atoms with Gasteiger partial charge in [-0.05, 0) is 43.4 Å². The highest BCUT2D eigenvalue weighted by Gasteiger charge is 2.20. The highest BCUT2D eigenvalue weighted by molar-refractivity contribution is 9.10. The number of fused-ring (bicyclic) bond motifs is 1. The van der Waals surface area contributed by atoms with Crippen molar-refractivity contribution in [3.05, 3.63) is 49.4 Å². The van der Waals surface area contributed by atoms with Gasteiger partial charge in [0.05, 0.1) is 11.7 Å². The maximum Gasteiger partial charge on any atom is 0.114 e. The second-order valence-electron chi connectivity index (χ2n) is 4.76. The number of aryl methyl sites for hydroxylation is 3. The van der Waals surface area contributed by atoms with E-state index in [-0.39, 0.29) is 6.04 Å². The number of nitrogens with two attached hydrogens (primary N) is 1. The van der Waals surface area contributed by atoms with Crippen molar-refractivity contribution in [2.24, 2.45) is 5.73 Å². The predicted octanol–water partition coefficient (Wildman–Crippen LogP) is 3.75. The maximum absolute atomic E-state index is 6.33. The van der Waals surface area contributed by atoms with Gasteiger partial charge < -0.3 is 5.73 Å². The van der Waals surface area contributed by atoms with Crippen LogP contribution in [0, 0.1) is 6.92 Å². The maximum atomic E-state index is 6.33. The van der Waals surface area contributed by atoms with E-state index >= 15 is 0 Å². The van der Waals surface area contributed by atoms with Crippen LogP contribution in [0.15, 0.2) is 22.7 Å². The number of nitrogens with zero attached hydrogens (tertiary/aromatic N) is 1. The molecular weight excluding hydrogens is 308 g/mol. The Morgan fingerprint density at radius 3 is 2.94 bits per heavy atom. The highest BCUT2D eigenvalue weighted by Crippen LogP contribution is 2.32. The van der Waals surface area contributed by atoms with Crippen LogP contribution in [0.1, 0.15) is 39.2 Å². The molecule has 0 bridgehead atoms. The molecule has 0 saturated carbocycles. The van der Waals surface area contributed by atoms with E-state index in [9.17, 15) is 0 Å². The molecule has 0 radical (unpaired) electrons. The smallest absolute Gasteiger partial charge is 0.114 e. The van der Waals surface area contributed by atoms with Crippen molar-refractivity contribution in [2.75, 3.05) is 0 Å². The second-order valence-corrected chi connectivity index (χ2v) is 6.73. The zero-order chi connectivity index (χ0) is 12.7. The topological polar surface area (TPSA) is 38.9 Å². The molecule has 1 atom stereocenters. The Balaban J connectivity index is 1.93. The lowest BCUT2D eigenvalue weighted by molar-refractivity contribution is 0.832. The standard InChI is InChI=1S/C14H15BrN2S/c1-8-7-9(5-6-10(8)15)13(16)14-17-11-3-2-4-12(11)18-14/h5-7,13H,2-4,16H2,1H3. The summed E-state index contributed by atoms with van der Waals surface area (Å²) in [5, 5.41) is 1.06. The van der Waals surface area contributed by atoms with Gasteiger partial charge in [-0.25, -0.2) is 4.98 Å². The monoisotopic (exact) mass is 322 g/mol. The van der Waals surface area contributed by atoms with Gasteiger partial charge in [0.2, 0.25) is 0 Å². The molecule has 0 aliphatic heterocycles. The van der Waals surface area contributed by atoms with Gasteiger partial charge in [0.15, 0.2) is 0 Å². The van der Waals surface area contributed by atoms with E-state index in [2.05, 4.69) is 41.1 Å². The van der Waals surface area contributed by atoms with E-state index in [0.29, 0.717) is 0 Å². The van der Waals surface area contributed by atoms with Crippen LogP contribution >= 0.6 is 27.3 Å². The fourth-order valence-corrected chi connectivity index (χ4v) is 3.78. The molecule has 0 fully saturated rings. The molecular formula is C14H15BrN2S. The van der Waals surface area contributed by atoms with Crippen molar-refractivity contribution in [1.82, 2.24) is 4.98 Å². The summed E-state index contributed by atoms with van der Waals surface area (Å²) < 4.78 is 1.13. The predicted molar refractivity (Wildman–Crippen MR) is 79.0 cm³/mol. The summed E-state index contributed by atoms with van der Waals surface area (Å²) in [4.78, 5) is 6.14. The molecule has 3 rings (SSSR count). The van der Waals surface area contributed by atoms with Gasteiger partial charge in [0.1, 0.15) is 5.01 Å². The van der Waals surface area contributed by atoms with Gasteiger partial charge in [0, 0.05) is 9.35 Å². The number of thiazole rings is 1. The molecule has 0 saturated heterocycles. The summed E-state index contributed by atoms with van der Waals surface area (Å²) in [5.74, 6) is 0. The Morgan fingerprint density at radius 2 is 2.22 bits per heavy atom. The van der Waals surface area contributed by atoms with Crippen LogP contribution in [-0.2, 0) is 12.8 Å². The van der Waals surface area contributed by atoms with Gasteiger partial charge in [0.25, 0.3) is 0 Å². The summed E-state index contributed by atoms with van der Waals surface area (Å²) in [5.41, 5.74) is 9.96. The minimum Gasteiger partial charge on any atom is -0.318 e. The first-order valence-corrected chi connectivity index (χ1v) is 7.76. The summed E-state index contributed by atoms with van der Waals surface area (Å²) in [7, 11) is 0. The van der Waals surface area contributed by atoms with Crippen LogP contribution in [0.2, 0.25) is 0 Å². The number of aromatic nitrogens is 1. The molecule has 1 aliphatic carbocycles. The highest BCUT2D eigenvalue weighted by atomic mass is 79.9. The SMILES string of the molecule is Cc1cc(C(N)c2nc3c(s2)CCC3)ccc1Br. The zero-order valence-corrected chi connectivity index (χ0v) is 12.6. The molecule has 0 spiro atoms. The molecule has 1 unspecified atom stereocenters. The van der Waals surface area contributed by atoms with Crippen molar-refractivity contribution in [3.8, 4) is 0 Å². The van der Waals surface area contributed by atoms with Gasteiger partial charge in [-0.3, -0.25) is 0 Å². The van der Waals surface area contributed by atoms with Crippen molar-refractivity contribution in [2.45, 2.75) is 32.2 Å². The molecule has 0 amide bonds. The van der Waals surface area contributed by atoms with Crippen LogP contribution < -0.4 is 5.73 Å². The number of hydrogen-bond acceptors (Lipinski definition) is 3. The molecule has 2 N–H and O–H groups in total. The Hall–Kier alpha value is -0.710. The van der Waals surface area contributed by atoms with Crippen molar-refractivity contribution in [3.63, 3.8) is 0 Å². The normalized spacial score (nSPS) is 15.7. The molecule has 1 aromatic carbocycles. The van der Waals surface area contributed by atoms with Gasteiger partial charge in [-0.2, -0.15) is 0 Å². The third-order valence-electron chi connectivity index (χ3n) is 3.42. The van der Waals surface area contributed by atoms with Crippen molar-refractivity contribution >= 4 is 27.3 Å². The van der Waals surface area contributed by atoms with Crippen LogP contribution in [0.5, 0.6) is 0 Å². The minimum absolute atomic E-state index is 0.0904. The fraction of sp³-hybridized carbons (Fsp3) is 0.357. The quantitative estimate of drug-likeness (QED) is 0.914. The molecule has 18 heavy (non-hydrogen) atoms. The van der Waals surface area contributed by atoms with E-state index in [1.54, 1.807) is 11.3 Å². The molecule has 2 nitrogen and oxygen atoms in total. The number of hydrogen-bond donors (Lipinski definition) is 1. The number of rotatable bonds is 2. The summed E-state index contributed by atoms with van der Waals surface area (Å²) in [6.07, 6.45) is 3.55. The van der Waals surface area contributed by atoms with Crippen LogP contribution in [0.25, 0.3) is 0 Å². The van der Waals surface area contributed by atoms with Crippen LogP contribution in [0.3, 0.4) is 0 Å². The largest absolute Gasteiger partial charge is 0.318 e. The van der Waals surface area contributed by atoms with Crippen molar-refractivity contribution in [1.29, 1.82) is 0 Å². The molecule has 1 aromatic heterocycles. The molecule has 1 aliphatic rings. The third-order valence-corrected chi connectivity index (χ3v) is 5.55. The summed E-state index contributed by atoms with van der Waals surface area (Å²) in [6.45, 7) is 2.09. The Kier molecular flexibility index (Phi) is 3.26. The molecule has 94 valence electrons. The lowest BCUT2D eigenvalue weighted by Gasteiger charge is -2.10. The second kappa shape index (κ2) is 4.76.